The maximum atomic E-state index is 8.96. The molecule has 0 aliphatic rings. The molecule has 0 amide bonds. The fourth-order valence-electron chi connectivity index (χ4n) is 1.99. The zero-order valence-corrected chi connectivity index (χ0v) is 12.4. The van der Waals surface area contributed by atoms with Crippen LogP contribution >= 0.6 is 11.8 Å². The number of nitriles is 1. The summed E-state index contributed by atoms with van der Waals surface area (Å²) in [6.07, 6.45) is 0.994. The van der Waals surface area contributed by atoms with Gasteiger partial charge in [0.1, 0.15) is 17.5 Å². The van der Waals surface area contributed by atoms with Crippen molar-refractivity contribution in [3.05, 3.63) is 47.2 Å². The molecule has 0 radical (unpaired) electrons. The Morgan fingerprint density at radius 1 is 1.35 bits per heavy atom. The lowest BCUT2D eigenvalue weighted by Gasteiger charge is -2.04. The summed E-state index contributed by atoms with van der Waals surface area (Å²) in [7, 11) is 0. The molecule has 1 heterocycles. The molecule has 0 bridgehead atoms. The van der Waals surface area contributed by atoms with Gasteiger partial charge in [-0.3, -0.25) is 0 Å². The van der Waals surface area contributed by atoms with Crippen molar-refractivity contribution < 1.29 is 0 Å². The summed E-state index contributed by atoms with van der Waals surface area (Å²) < 4.78 is 1.73. The maximum absolute atomic E-state index is 8.96. The van der Waals surface area contributed by atoms with Crippen molar-refractivity contribution in [3.8, 4) is 6.07 Å². The summed E-state index contributed by atoms with van der Waals surface area (Å²) in [5, 5.41) is 13.3. The Labute approximate surface area is 123 Å². The van der Waals surface area contributed by atoms with Gasteiger partial charge in [-0.05, 0) is 24.7 Å². The van der Waals surface area contributed by atoms with Gasteiger partial charge in [0.05, 0.1) is 5.69 Å². The van der Waals surface area contributed by atoms with Crippen LogP contribution in [0.1, 0.15) is 23.2 Å². The van der Waals surface area contributed by atoms with Gasteiger partial charge in [-0.2, -0.15) is 22.1 Å². The standard InChI is InChI=1S/C15H18N4S/c1-12-14(10-16)15(17)19(18-12)8-5-9-20-11-13-6-3-2-4-7-13/h2-4,6-7H,5,8-9,11,17H2,1H3. The Hall–Kier alpha value is -1.93. The number of nitrogens with zero attached hydrogens (tertiary/aromatic N) is 3. The second-order valence-electron chi connectivity index (χ2n) is 4.57. The molecule has 2 aromatic rings. The van der Waals surface area contributed by atoms with Crippen LogP contribution < -0.4 is 5.73 Å². The molecule has 0 aliphatic carbocycles. The normalized spacial score (nSPS) is 10.4. The average Bonchev–Trinajstić information content (AvgIpc) is 2.74. The Morgan fingerprint density at radius 2 is 2.10 bits per heavy atom. The molecule has 0 atom stereocenters. The number of thioether (sulfide) groups is 1. The third-order valence-electron chi connectivity index (χ3n) is 3.05. The van der Waals surface area contributed by atoms with Crippen molar-refractivity contribution in [1.82, 2.24) is 9.78 Å². The van der Waals surface area contributed by atoms with E-state index in [2.05, 4.69) is 35.4 Å². The van der Waals surface area contributed by atoms with E-state index >= 15 is 0 Å². The van der Waals surface area contributed by atoms with Gasteiger partial charge in [-0.1, -0.05) is 30.3 Å². The van der Waals surface area contributed by atoms with E-state index in [9.17, 15) is 0 Å². The van der Waals surface area contributed by atoms with Crippen molar-refractivity contribution >= 4 is 17.6 Å². The number of nitrogens with two attached hydrogens (primary N) is 1. The molecule has 0 fully saturated rings. The van der Waals surface area contributed by atoms with Gasteiger partial charge in [0.15, 0.2) is 0 Å². The van der Waals surface area contributed by atoms with Crippen LogP contribution in [0.15, 0.2) is 30.3 Å². The monoisotopic (exact) mass is 286 g/mol. The molecule has 0 unspecified atom stereocenters. The highest BCUT2D eigenvalue weighted by Gasteiger charge is 2.10. The molecular formula is C15H18N4S. The fourth-order valence-corrected chi connectivity index (χ4v) is 2.89. The van der Waals surface area contributed by atoms with Gasteiger partial charge in [-0.15, -0.1) is 0 Å². The molecule has 1 aromatic heterocycles. The lowest BCUT2D eigenvalue weighted by atomic mass is 10.2. The first-order valence-corrected chi connectivity index (χ1v) is 7.72. The van der Waals surface area contributed by atoms with Gasteiger partial charge in [-0.25, -0.2) is 4.68 Å². The van der Waals surface area contributed by atoms with E-state index in [4.69, 9.17) is 11.0 Å². The molecule has 0 saturated carbocycles. The van der Waals surface area contributed by atoms with E-state index in [1.54, 1.807) is 4.68 Å². The molecule has 1 aromatic carbocycles. The molecule has 0 spiro atoms. The molecule has 20 heavy (non-hydrogen) atoms. The molecular weight excluding hydrogens is 268 g/mol. The maximum Gasteiger partial charge on any atom is 0.140 e. The molecule has 5 heteroatoms. The van der Waals surface area contributed by atoms with Gasteiger partial charge in [0.25, 0.3) is 0 Å². The highest BCUT2D eigenvalue weighted by molar-refractivity contribution is 7.98. The number of aryl methyl sites for hydroxylation is 2. The number of hydrogen-bond donors (Lipinski definition) is 1. The average molecular weight is 286 g/mol. The predicted molar refractivity (Wildman–Crippen MR) is 83.3 cm³/mol. The van der Waals surface area contributed by atoms with E-state index in [1.165, 1.54) is 5.56 Å². The van der Waals surface area contributed by atoms with Crippen molar-refractivity contribution in [1.29, 1.82) is 5.26 Å². The Bertz CT molecular complexity index is 598. The summed E-state index contributed by atoms with van der Waals surface area (Å²) in [4.78, 5) is 0. The smallest absolute Gasteiger partial charge is 0.140 e. The highest BCUT2D eigenvalue weighted by Crippen LogP contribution is 2.17. The predicted octanol–water partition coefficient (Wildman–Crippen LogP) is 2.97. The third-order valence-corrected chi connectivity index (χ3v) is 4.16. The highest BCUT2D eigenvalue weighted by atomic mass is 32.2. The van der Waals surface area contributed by atoms with Crippen molar-refractivity contribution in [2.75, 3.05) is 11.5 Å². The summed E-state index contributed by atoms with van der Waals surface area (Å²) in [5.41, 5.74) is 8.45. The van der Waals surface area contributed by atoms with Gasteiger partial charge < -0.3 is 5.73 Å². The number of nitrogen functional groups attached to an aromatic ring is 1. The molecule has 104 valence electrons. The number of benzene rings is 1. The van der Waals surface area contributed by atoms with E-state index in [0.717, 1.165) is 24.5 Å². The number of rotatable bonds is 6. The molecule has 2 rings (SSSR count). The van der Waals surface area contributed by atoms with Gasteiger partial charge >= 0.3 is 0 Å². The lowest BCUT2D eigenvalue weighted by Crippen LogP contribution is -2.06. The fraction of sp³-hybridized carbons (Fsp3) is 0.333. The van der Waals surface area contributed by atoms with E-state index in [1.807, 2.05) is 24.8 Å². The van der Waals surface area contributed by atoms with Gasteiger partial charge in [0.2, 0.25) is 0 Å². The van der Waals surface area contributed by atoms with Crippen LogP contribution in [0.3, 0.4) is 0 Å². The number of aromatic nitrogens is 2. The minimum atomic E-state index is 0.484. The summed E-state index contributed by atoms with van der Waals surface area (Å²) in [5.74, 6) is 2.56. The zero-order chi connectivity index (χ0) is 14.4. The van der Waals surface area contributed by atoms with Crippen LogP contribution in [0.2, 0.25) is 0 Å². The van der Waals surface area contributed by atoms with Crippen LogP contribution in [-0.4, -0.2) is 15.5 Å². The SMILES string of the molecule is Cc1nn(CCCSCc2ccccc2)c(N)c1C#N. The van der Waals surface area contributed by atoms with Crippen LogP contribution in [0.5, 0.6) is 0 Å². The third kappa shape index (κ3) is 3.55. The van der Waals surface area contributed by atoms with E-state index < -0.39 is 0 Å². The van der Waals surface area contributed by atoms with Gasteiger partial charge in [0, 0.05) is 12.3 Å². The Morgan fingerprint density at radius 3 is 2.75 bits per heavy atom. The van der Waals surface area contributed by atoms with Crippen LogP contribution in [0.25, 0.3) is 0 Å². The molecule has 0 aliphatic heterocycles. The topological polar surface area (TPSA) is 67.6 Å². The summed E-state index contributed by atoms with van der Waals surface area (Å²) in [6.45, 7) is 2.58. The van der Waals surface area contributed by atoms with Crippen LogP contribution in [0, 0.1) is 18.3 Å². The van der Waals surface area contributed by atoms with E-state index in [-0.39, 0.29) is 0 Å². The second kappa shape index (κ2) is 7.01. The second-order valence-corrected chi connectivity index (χ2v) is 5.68. The number of hydrogen-bond acceptors (Lipinski definition) is 4. The van der Waals surface area contributed by atoms with E-state index in [0.29, 0.717) is 17.1 Å². The first-order chi connectivity index (χ1) is 9.72. The zero-order valence-electron chi connectivity index (χ0n) is 11.5. The van der Waals surface area contributed by atoms with Crippen molar-refractivity contribution in [3.63, 3.8) is 0 Å². The quantitative estimate of drug-likeness (QED) is 0.829. The van der Waals surface area contributed by atoms with Crippen LogP contribution in [0.4, 0.5) is 5.82 Å². The lowest BCUT2D eigenvalue weighted by molar-refractivity contribution is 0.610. The first-order valence-electron chi connectivity index (χ1n) is 6.57. The van der Waals surface area contributed by atoms with Crippen molar-refractivity contribution in [2.24, 2.45) is 0 Å². The minimum absolute atomic E-state index is 0.484. The Kier molecular flexibility index (Phi) is 5.08. The summed E-state index contributed by atoms with van der Waals surface area (Å²) in [6, 6.07) is 12.5. The minimum Gasteiger partial charge on any atom is -0.383 e. The molecule has 2 N–H and O–H groups in total. The Balaban J connectivity index is 1.75. The van der Waals surface area contributed by atoms with Crippen molar-refractivity contribution in [2.45, 2.75) is 25.6 Å². The van der Waals surface area contributed by atoms with Crippen LogP contribution in [-0.2, 0) is 12.3 Å². The molecule has 0 saturated heterocycles. The number of anilines is 1. The first kappa shape index (κ1) is 14.5. The largest absolute Gasteiger partial charge is 0.383 e. The summed E-state index contributed by atoms with van der Waals surface area (Å²) >= 11 is 1.90. The molecule has 4 nitrogen and oxygen atoms in total.